The van der Waals surface area contributed by atoms with Crippen LogP contribution in [0.15, 0.2) is 60.8 Å². The molecule has 1 N–H and O–H groups in total. The lowest BCUT2D eigenvalue weighted by Gasteiger charge is -2.35. The van der Waals surface area contributed by atoms with E-state index in [9.17, 15) is 4.79 Å². The van der Waals surface area contributed by atoms with Gasteiger partial charge >= 0.3 is 0 Å². The lowest BCUT2D eigenvalue weighted by Crippen LogP contribution is -2.49. The number of carbonyl (C=O) groups is 1. The Kier molecular flexibility index (Phi) is 6.16. The molecule has 2 heterocycles. The lowest BCUT2D eigenvalue weighted by molar-refractivity contribution is 0.0743. The van der Waals surface area contributed by atoms with Gasteiger partial charge in [0.2, 0.25) is 5.95 Å². The third kappa shape index (κ3) is 4.69. The third-order valence-corrected chi connectivity index (χ3v) is 5.19. The normalized spacial score (nSPS) is 13.6. The number of anilines is 3. The number of para-hydroxylation sites is 1. The summed E-state index contributed by atoms with van der Waals surface area (Å²) in [6.07, 6.45) is 1.74. The second kappa shape index (κ2) is 9.34. The largest absolute Gasteiger partial charge is 0.497 e. The van der Waals surface area contributed by atoms with Crippen LogP contribution in [0.1, 0.15) is 10.4 Å². The second-order valence-corrected chi connectivity index (χ2v) is 7.07. The second-order valence-electron chi connectivity index (χ2n) is 7.07. The maximum atomic E-state index is 12.9. The van der Waals surface area contributed by atoms with Gasteiger partial charge in [0.1, 0.15) is 17.3 Å². The van der Waals surface area contributed by atoms with Crippen molar-refractivity contribution in [1.29, 1.82) is 0 Å². The van der Waals surface area contributed by atoms with Gasteiger partial charge in [-0.3, -0.25) is 4.79 Å². The number of nitrogens with one attached hydrogen (secondary N) is 1. The highest BCUT2D eigenvalue weighted by Gasteiger charge is 2.25. The summed E-state index contributed by atoms with van der Waals surface area (Å²) in [5.74, 6) is 2.73. The van der Waals surface area contributed by atoms with E-state index in [2.05, 4.69) is 20.2 Å². The molecular formula is C23H25N5O3. The van der Waals surface area contributed by atoms with Crippen molar-refractivity contribution in [2.24, 2.45) is 0 Å². The number of rotatable bonds is 6. The quantitative estimate of drug-likeness (QED) is 0.657. The van der Waals surface area contributed by atoms with E-state index in [4.69, 9.17) is 9.47 Å². The van der Waals surface area contributed by atoms with Crippen LogP contribution in [-0.4, -0.2) is 61.2 Å². The van der Waals surface area contributed by atoms with E-state index < -0.39 is 0 Å². The average molecular weight is 419 g/mol. The molecule has 1 aliphatic heterocycles. The monoisotopic (exact) mass is 419 g/mol. The molecule has 8 nitrogen and oxygen atoms in total. The number of ether oxygens (including phenoxy) is 2. The molecule has 0 saturated carbocycles. The fraction of sp³-hybridized carbons (Fsp3) is 0.261. The zero-order chi connectivity index (χ0) is 21.6. The smallest absolute Gasteiger partial charge is 0.257 e. The first-order chi connectivity index (χ1) is 15.2. The maximum absolute atomic E-state index is 12.9. The molecule has 0 atom stereocenters. The summed E-state index contributed by atoms with van der Waals surface area (Å²) >= 11 is 0. The number of hydrogen-bond acceptors (Lipinski definition) is 7. The summed E-state index contributed by atoms with van der Waals surface area (Å²) in [5, 5.41) is 3.28. The molecular weight excluding hydrogens is 394 g/mol. The number of carbonyl (C=O) groups excluding carboxylic acids is 1. The minimum absolute atomic E-state index is 0.0204. The summed E-state index contributed by atoms with van der Waals surface area (Å²) in [4.78, 5) is 25.9. The number of nitrogens with zero attached hydrogens (tertiary/aromatic N) is 4. The standard InChI is InChI=1S/C23H25N5O3/c1-30-18-9-7-17(8-10-18)25-21-11-12-24-23(26-21)28-15-13-27(14-16-28)22(29)19-5-3-4-6-20(19)31-2/h3-12H,13-16H2,1-2H3,(H,24,25,26). The van der Waals surface area contributed by atoms with Crippen LogP contribution in [-0.2, 0) is 0 Å². The Hall–Kier alpha value is -3.81. The molecule has 31 heavy (non-hydrogen) atoms. The molecule has 1 aromatic heterocycles. The fourth-order valence-corrected chi connectivity index (χ4v) is 3.49. The van der Waals surface area contributed by atoms with Crippen LogP contribution in [0, 0.1) is 0 Å². The number of piperazine rings is 1. The van der Waals surface area contributed by atoms with Crippen molar-refractivity contribution in [1.82, 2.24) is 14.9 Å². The van der Waals surface area contributed by atoms with Gasteiger partial charge in [-0.2, -0.15) is 4.98 Å². The molecule has 2 aromatic carbocycles. The summed E-state index contributed by atoms with van der Waals surface area (Å²) in [6, 6.07) is 16.8. The molecule has 8 heteroatoms. The van der Waals surface area contributed by atoms with Crippen LogP contribution in [0.25, 0.3) is 0 Å². The van der Waals surface area contributed by atoms with E-state index in [1.54, 1.807) is 32.5 Å². The summed E-state index contributed by atoms with van der Waals surface area (Å²) in [5.41, 5.74) is 1.50. The number of amides is 1. The van der Waals surface area contributed by atoms with Crippen LogP contribution in [0.3, 0.4) is 0 Å². The number of methoxy groups -OCH3 is 2. The van der Waals surface area contributed by atoms with Gasteiger partial charge in [0.05, 0.1) is 19.8 Å². The van der Waals surface area contributed by atoms with Gasteiger partial charge in [-0.1, -0.05) is 12.1 Å². The predicted molar refractivity (Wildman–Crippen MR) is 119 cm³/mol. The summed E-state index contributed by atoms with van der Waals surface area (Å²) in [6.45, 7) is 2.51. The Labute approximate surface area is 181 Å². The molecule has 0 aliphatic carbocycles. The maximum Gasteiger partial charge on any atom is 0.257 e. The topological polar surface area (TPSA) is 79.8 Å². The average Bonchev–Trinajstić information content (AvgIpc) is 2.84. The molecule has 1 fully saturated rings. The molecule has 4 rings (SSSR count). The Morgan fingerprint density at radius 2 is 1.68 bits per heavy atom. The van der Waals surface area contributed by atoms with Crippen LogP contribution < -0.4 is 19.7 Å². The van der Waals surface area contributed by atoms with Crippen molar-refractivity contribution in [2.75, 3.05) is 50.6 Å². The van der Waals surface area contributed by atoms with Crippen molar-refractivity contribution in [3.05, 3.63) is 66.4 Å². The number of hydrogen-bond donors (Lipinski definition) is 1. The predicted octanol–water partition coefficient (Wildman–Crippen LogP) is 3.20. The van der Waals surface area contributed by atoms with Gasteiger partial charge < -0.3 is 24.6 Å². The number of aromatic nitrogens is 2. The molecule has 160 valence electrons. The molecule has 0 radical (unpaired) electrons. The lowest BCUT2D eigenvalue weighted by atomic mass is 10.1. The zero-order valence-electron chi connectivity index (χ0n) is 17.6. The Balaban J connectivity index is 1.39. The minimum Gasteiger partial charge on any atom is -0.497 e. The van der Waals surface area contributed by atoms with Crippen molar-refractivity contribution >= 4 is 23.4 Å². The molecule has 1 amide bonds. The van der Waals surface area contributed by atoms with Gasteiger partial charge in [0.25, 0.3) is 5.91 Å². The Morgan fingerprint density at radius 1 is 0.935 bits per heavy atom. The van der Waals surface area contributed by atoms with E-state index >= 15 is 0 Å². The highest BCUT2D eigenvalue weighted by molar-refractivity contribution is 5.97. The van der Waals surface area contributed by atoms with Crippen LogP contribution >= 0.6 is 0 Å². The zero-order valence-corrected chi connectivity index (χ0v) is 17.6. The fourth-order valence-electron chi connectivity index (χ4n) is 3.49. The van der Waals surface area contributed by atoms with E-state index in [-0.39, 0.29) is 5.91 Å². The van der Waals surface area contributed by atoms with E-state index in [1.165, 1.54) is 0 Å². The van der Waals surface area contributed by atoms with Crippen molar-refractivity contribution in [3.8, 4) is 11.5 Å². The highest BCUT2D eigenvalue weighted by Crippen LogP contribution is 2.22. The van der Waals surface area contributed by atoms with Gasteiger partial charge in [-0.15, -0.1) is 0 Å². The number of benzene rings is 2. The van der Waals surface area contributed by atoms with Gasteiger partial charge in [-0.05, 0) is 42.5 Å². The minimum atomic E-state index is -0.0204. The Bertz CT molecular complexity index is 1030. The van der Waals surface area contributed by atoms with E-state index in [0.29, 0.717) is 49.3 Å². The Morgan fingerprint density at radius 3 is 2.39 bits per heavy atom. The molecule has 0 unspecified atom stereocenters. The van der Waals surface area contributed by atoms with Crippen molar-refractivity contribution in [3.63, 3.8) is 0 Å². The van der Waals surface area contributed by atoms with Crippen LogP contribution in [0.2, 0.25) is 0 Å². The highest BCUT2D eigenvalue weighted by atomic mass is 16.5. The van der Waals surface area contributed by atoms with Gasteiger partial charge in [0.15, 0.2) is 0 Å². The molecule has 0 spiro atoms. The van der Waals surface area contributed by atoms with E-state index in [1.807, 2.05) is 47.4 Å². The molecule has 3 aromatic rings. The summed E-state index contributed by atoms with van der Waals surface area (Å²) < 4.78 is 10.5. The van der Waals surface area contributed by atoms with Crippen molar-refractivity contribution in [2.45, 2.75) is 0 Å². The van der Waals surface area contributed by atoms with Crippen LogP contribution in [0.5, 0.6) is 11.5 Å². The van der Waals surface area contributed by atoms with Crippen LogP contribution in [0.4, 0.5) is 17.5 Å². The molecule has 0 bridgehead atoms. The van der Waals surface area contributed by atoms with E-state index in [0.717, 1.165) is 11.4 Å². The summed E-state index contributed by atoms with van der Waals surface area (Å²) in [7, 11) is 3.22. The van der Waals surface area contributed by atoms with Gasteiger partial charge in [-0.25, -0.2) is 4.98 Å². The first-order valence-corrected chi connectivity index (χ1v) is 10.1. The molecule has 1 saturated heterocycles. The van der Waals surface area contributed by atoms with Gasteiger partial charge in [0, 0.05) is 38.1 Å². The first-order valence-electron chi connectivity index (χ1n) is 10.1. The molecule has 1 aliphatic rings. The first kappa shape index (κ1) is 20.5. The van der Waals surface area contributed by atoms with Crippen molar-refractivity contribution < 1.29 is 14.3 Å². The third-order valence-electron chi connectivity index (χ3n) is 5.19. The SMILES string of the molecule is COc1ccc(Nc2ccnc(N3CCN(C(=O)c4ccccc4OC)CC3)n2)cc1.